The zero-order valence-corrected chi connectivity index (χ0v) is 12.5. The van der Waals surface area contributed by atoms with E-state index in [1.165, 1.54) is 7.11 Å². The minimum atomic E-state index is -0.477. The first-order chi connectivity index (χ1) is 9.56. The van der Waals surface area contributed by atoms with Crippen LogP contribution >= 0.6 is 0 Å². The van der Waals surface area contributed by atoms with Gasteiger partial charge in [-0.05, 0) is 31.6 Å². The van der Waals surface area contributed by atoms with E-state index in [1.54, 1.807) is 14.0 Å². The number of hydrogen-bond acceptors (Lipinski definition) is 5. The van der Waals surface area contributed by atoms with Gasteiger partial charge in [0.25, 0.3) is 0 Å². The largest absolute Gasteiger partial charge is 0.469 e. The Hall–Kier alpha value is -1.30. The number of rotatable bonds is 6. The Morgan fingerprint density at radius 1 is 1.20 bits per heavy atom. The van der Waals surface area contributed by atoms with Gasteiger partial charge in [-0.15, -0.1) is 0 Å². The van der Waals surface area contributed by atoms with Gasteiger partial charge in [0, 0.05) is 13.7 Å². The second-order valence-electron chi connectivity index (χ2n) is 5.28. The molecule has 1 N–H and O–H groups in total. The number of alkyl carbamates (subject to hydrolysis) is 1. The average Bonchev–Trinajstić information content (AvgIpc) is 2.50. The predicted molar refractivity (Wildman–Crippen MR) is 73.3 cm³/mol. The Kier molecular flexibility index (Phi) is 7.36. The van der Waals surface area contributed by atoms with Crippen LogP contribution in [0.2, 0.25) is 0 Å². The molecule has 1 saturated carbocycles. The molecular formula is C14H25NO5. The molecule has 0 aromatic rings. The van der Waals surface area contributed by atoms with Gasteiger partial charge < -0.3 is 19.5 Å². The zero-order valence-electron chi connectivity index (χ0n) is 12.5. The highest BCUT2D eigenvalue weighted by atomic mass is 16.5. The van der Waals surface area contributed by atoms with Crippen molar-refractivity contribution >= 4 is 12.1 Å². The maximum Gasteiger partial charge on any atom is 0.407 e. The third-order valence-electron chi connectivity index (χ3n) is 3.73. The van der Waals surface area contributed by atoms with Crippen molar-refractivity contribution in [2.75, 3.05) is 27.4 Å². The maximum absolute atomic E-state index is 11.5. The van der Waals surface area contributed by atoms with Gasteiger partial charge in [0.1, 0.15) is 0 Å². The number of carbonyl (C=O) groups excluding carboxylic acids is 2. The van der Waals surface area contributed by atoms with Crippen molar-refractivity contribution < 1.29 is 23.8 Å². The summed E-state index contributed by atoms with van der Waals surface area (Å²) in [6.07, 6.45) is 3.95. The molecule has 0 spiro atoms. The number of carbonyl (C=O) groups is 2. The van der Waals surface area contributed by atoms with Crippen LogP contribution in [0, 0.1) is 11.8 Å². The molecule has 1 amide bonds. The molecule has 6 heteroatoms. The van der Waals surface area contributed by atoms with Crippen LogP contribution in [0.5, 0.6) is 0 Å². The van der Waals surface area contributed by atoms with Gasteiger partial charge in [0.15, 0.2) is 0 Å². The van der Waals surface area contributed by atoms with Crippen LogP contribution in [0.15, 0.2) is 0 Å². The smallest absolute Gasteiger partial charge is 0.407 e. The quantitative estimate of drug-likeness (QED) is 0.753. The molecule has 0 radical (unpaired) electrons. The first kappa shape index (κ1) is 16.8. The van der Waals surface area contributed by atoms with Gasteiger partial charge in [-0.1, -0.05) is 6.92 Å². The summed E-state index contributed by atoms with van der Waals surface area (Å²) in [5, 5.41) is 2.57. The lowest BCUT2D eigenvalue weighted by Crippen LogP contribution is -2.34. The highest BCUT2D eigenvalue weighted by molar-refractivity contribution is 5.73. The molecule has 0 aromatic heterocycles. The van der Waals surface area contributed by atoms with Crippen molar-refractivity contribution in [3.63, 3.8) is 0 Å². The van der Waals surface area contributed by atoms with Crippen LogP contribution < -0.4 is 5.32 Å². The molecule has 20 heavy (non-hydrogen) atoms. The topological polar surface area (TPSA) is 73.9 Å². The third kappa shape index (κ3) is 5.77. The lowest BCUT2D eigenvalue weighted by molar-refractivity contribution is -0.144. The number of nitrogens with one attached hydrogen (secondary N) is 1. The van der Waals surface area contributed by atoms with Gasteiger partial charge in [0.2, 0.25) is 0 Å². The number of amides is 1. The van der Waals surface area contributed by atoms with E-state index in [9.17, 15) is 9.59 Å². The molecule has 0 aliphatic heterocycles. The Balaban J connectivity index is 2.13. The van der Waals surface area contributed by atoms with Crippen molar-refractivity contribution in [1.29, 1.82) is 0 Å². The Labute approximate surface area is 120 Å². The van der Waals surface area contributed by atoms with E-state index in [0.717, 1.165) is 25.7 Å². The molecule has 6 nitrogen and oxygen atoms in total. The fourth-order valence-corrected chi connectivity index (χ4v) is 2.30. The summed E-state index contributed by atoms with van der Waals surface area (Å²) in [5.41, 5.74) is 0. The number of ether oxygens (including phenoxy) is 3. The van der Waals surface area contributed by atoms with E-state index in [-0.39, 0.29) is 18.4 Å². The molecule has 1 aliphatic rings. The second-order valence-corrected chi connectivity index (χ2v) is 5.28. The first-order valence-corrected chi connectivity index (χ1v) is 7.08. The predicted octanol–water partition coefficient (Wildman–Crippen LogP) is 1.73. The molecule has 0 heterocycles. The van der Waals surface area contributed by atoms with E-state index >= 15 is 0 Å². The van der Waals surface area contributed by atoms with Gasteiger partial charge >= 0.3 is 12.1 Å². The molecule has 1 rings (SSSR count). The number of hydrogen-bond donors (Lipinski definition) is 1. The molecule has 0 saturated heterocycles. The van der Waals surface area contributed by atoms with E-state index in [1.807, 2.05) is 0 Å². The Bertz CT molecular complexity index is 313. The number of esters is 1. The number of methoxy groups -OCH3 is 2. The summed E-state index contributed by atoms with van der Waals surface area (Å²) in [6.45, 7) is 2.34. The normalized spacial score (nSPS) is 23.8. The maximum atomic E-state index is 11.5. The van der Waals surface area contributed by atoms with Gasteiger partial charge in [-0.2, -0.15) is 0 Å². The minimum absolute atomic E-state index is 0.224. The summed E-state index contributed by atoms with van der Waals surface area (Å²) in [4.78, 5) is 22.7. The molecule has 1 fully saturated rings. The summed E-state index contributed by atoms with van der Waals surface area (Å²) in [7, 11) is 3.06. The van der Waals surface area contributed by atoms with Crippen molar-refractivity contribution in [3.8, 4) is 0 Å². The Morgan fingerprint density at radius 3 is 2.40 bits per heavy atom. The van der Waals surface area contributed by atoms with Crippen LogP contribution in [0.3, 0.4) is 0 Å². The van der Waals surface area contributed by atoms with Crippen molar-refractivity contribution in [2.24, 2.45) is 11.8 Å². The van der Waals surface area contributed by atoms with Crippen LogP contribution in [0.25, 0.3) is 0 Å². The first-order valence-electron chi connectivity index (χ1n) is 7.08. The van der Waals surface area contributed by atoms with Crippen molar-refractivity contribution in [2.45, 2.75) is 38.7 Å². The molecule has 1 unspecified atom stereocenters. The van der Waals surface area contributed by atoms with Crippen LogP contribution in [-0.4, -0.2) is 45.5 Å². The van der Waals surface area contributed by atoms with E-state index in [2.05, 4.69) is 10.1 Å². The van der Waals surface area contributed by atoms with Gasteiger partial charge in [-0.3, -0.25) is 4.79 Å². The molecule has 0 aromatic carbocycles. The molecule has 1 atom stereocenters. The summed E-state index contributed by atoms with van der Waals surface area (Å²) in [6, 6.07) is 0. The van der Waals surface area contributed by atoms with Crippen molar-refractivity contribution in [3.05, 3.63) is 0 Å². The van der Waals surface area contributed by atoms with E-state index < -0.39 is 6.09 Å². The standard InChI is InChI=1S/C14H25NO5/c1-10(13(16)19-3)8-15-14(17)20-9-11-4-6-12(18-2)7-5-11/h10-12H,4-9H2,1-3H3,(H,15,17). The monoisotopic (exact) mass is 287 g/mol. The SMILES string of the molecule is COC(=O)C(C)CNC(=O)OCC1CCC(OC)CC1. The average molecular weight is 287 g/mol. The van der Waals surface area contributed by atoms with E-state index in [0.29, 0.717) is 18.6 Å². The summed E-state index contributed by atoms with van der Waals surface area (Å²) >= 11 is 0. The lowest BCUT2D eigenvalue weighted by Gasteiger charge is -2.27. The van der Waals surface area contributed by atoms with Crippen LogP contribution in [0.1, 0.15) is 32.6 Å². The van der Waals surface area contributed by atoms with E-state index in [4.69, 9.17) is 9.47 Å². The zero-order chi connectivity index (χ0) is 15.0. The highest BCUT2D eigenvalue weighted by Gasteiger charge is 2.22. The fourth-order valence-electron chi connectivity index (χ4n) is 2.30. The summed E-state index contributed by atoms with van der Waals surface area (Å²) in [5.74, 6) is -0.307. The molecule has 0 bridgehead atoms. The molecule has 1 aliphatic carbocycles. The van der Waals surface area contributed by atoms with Gasteiger partial charge in [-0.25, -0.2) is 4.79 Å². The van der Waals surface area contributed by atoms with Crippen LogP contribution in [-0.2, 0) is 19.0 Å². The highest BCUT2D eigenvalue weighted by Crippen LogP contribution is 2.25. The van der Waals surface area contributed by atoms with Crippen molar-refractivity contribution in [1.82, 2.24) is 5.32 Å². The summed E-state index contributed by atoms with van der Waals surface area (Å²) < 4.78 is 15.0. The molecular weight excluding hydrogens is 262 g/mol. The van der Waals surface area contributed by atoms with Crippen LogP contribution in [0.4, 0.5) is 4.79 Å². The second kappa shape index (κ2) is 8.79. The fraction of sp³-hybridized carbons (Fsp3) is 0.857. The third-order valence-corrected chi connectivity index (χ3v) is 3.73. The Morgan fingerprint density at radius 2 is 1.85 bits per heavy atom. The molecule has 116 valence electrons. The lowest BCUT2D eigenvalue weighted by atomic mass is 9.88. The van der Waals surface area contributed by atoms with Gasteiger partial charge in [0.05, 0.1) is 25.7 Å². The minimum Gasteiger partial charge on any atom is -0.469 e.